The lowest BCUT2D eigenvalue weighted by Gasteiger charge is -2.26. The summed E-state index contributed by atoms with van der Waals surface area (Å²) >= 11 is 2.02. The van der Waals surface area contributed by atoms with E-state index in [2.05, 4.69) is 12.2 Å². The van der Waals surface area contributed by atoms with E-state index in [0.717, 1.165) is 6.04 Å². The zero-order chi connectivity index (χ0) is 7.23. The van der Waals surface area contributed by atoms with Crippen LogP contribution >= 0.6 is 11.8 Å². The van der Waals surface area contributed by atoms with Gasteiger partial charge in [-0.25, -0.2) is 0 Å². The van der Waals surface area contributed by atoms with Crippen molar-refractivity contribution in [3.8, 4) is 0 Å². The van der Waals surface area contributed by atoms with E-state index in [1.165, 1.54) is 37.3 Å². The van der Waals surface area contributed by atoms with Crippen molar-refractivity contribution in [1.82, 2.24) is 5.32 Å². The molecule has 0 saturated heterocycles. The third-order valence-corrected chi connectivity index (χ3v) is 2.89. The summed E-state index contributed by atoms with van der Waals surface area (Å²) in [4.78, 5) is 0. The van der Waals surface area contributed by atoms with Gasteiger partial charge in [-0.05, 0) is 18.6 Å². The maximum atomic E-state index is 3.53. The van der Waals surface area contributed by atoms with E-state index in [9.17, 15) is 0 Å². The zero-order valence-corrected chi connectivity index (χ0v) is 7.54. The van der Waals surface area contributed by atoms with E-state index in [0.29, 0.717) is 0 Å². The van der Waals surface area contributed by atoms with Gasteiger partial charge in [0.25, 0.3) is 0 Å². The quantitative estimate of drug-likeness (QED) is 0.615. The Morgan fingerprint density at radius 1 is 1.50 bits per heavy atom. The zero-order valence-electron chi connectivity index (χ0n) is 6.73. The highest BCUT2D eigenvalue weighted by atomic mass is 32.2. The molecule has 0 heterocycles. The Kier molecular flexibility index (Phi) is 4.23. The molecule has 0 amide bonds. The van der Waals surface area contributed by atoms with Crippen LogP contribution in [0.1, 0.15) is 26.2 Å². The first-order valence-electron chi connectivity index (χ1n) is 4.24. The molecule has 1 aliphatic carbocycles. The maximum Gasteiger partial charge on any atom is 0.00674 e. The number of hydrogen-bond acceptors (Lipinski definition) is 2. The molecule has 1 saturated carbocycles. The number of rotatable bonds is 5. The average Bonchev–Trinajstić information content (AvgIpc) is 1.84. The van der Waals surface area contributed by atoms with E-state index in [-0.39, 0.29) is 0 Å². The molecule has 0 bridgehead atoms. The van der Waals surface area contributed by atoms with E-state index in [1.54, 1.807) is 0 Å². The highest BCUT2D eigenvalue weighted by Gasteiger charge is 2.15. The van der Waals surface area contributed by atoms with Crippen molar-refractivity contribution >= 4 is 11.8 Å². The Balaban J connectivity index is 1.76. The molecule has 60 valence electrons. The van der Waals surface area contributed by atoms with Crippen LogP contribution in [0.4, 0.5) is 0 Å². The minimum Gasteiger partial charge on any atom is -0.313 e. The molecule has 0 spiro atoms. The van der Waals surface area contributed by atoms with Crippen LogP contribution in [-0.2, 0) is 0 Å². The monoisotopic (exact) mass is 159 g/mol. The standard InChI is InChI=1S/C8H17NS/c1-2-10-7-6-9-8-4-3-5-8/h8-9H,2-7H2,1H3. The Labute approximate surface area is 68.0 Å². The maximum absolute atomic E-state index is 3.53. The number of hydrogen-bond donors (Lipinski definition) is 1. The van der Waals surface area contributed by atoms with Crippen LogP contribution in [0.15, 0.2) is 0 Å². The lowest BCUT2D eigenvalue weighted by molar-refractivity contribution is 0.347. The summed E-state index contributed by atoms with van der Waals surface area (Å²) in [7, 11) is 0. The summed E-state index contributed by atoms with van der Waals surface area (Å²) in [6, 6.07) is 0.873. The van der Waals surface area contributed by atoms with Crippen molar-refractivity contribution < 1.29 is 0 Å². The third-order valence-electron chi connectivity index (χ3n) is 1.99. The lowest BCUT2D eigenvalue weighted by atomic mass is 9.93. The fourth-order valence-electron chi connectivity index (χ4n) is 1.09. The molecule has 1 N–H and O–H groups in total. The molecule has 0 aromatic rings. The Morgan fingerprint density at radius 3 is 2.80 bits per heavy atom. The first kappa shape index (κ1) is 8.41. The molecule has 0 aromatic heterocycles. The summed E-state index contributed by atoms with van der Waals surface area (Å²) in [6.07, 6.45) is 4.27. The van der Waals surface area contributed by atoms with Gasteiger partial charge in [-0.3, -0.25) is 0 Å². The first-order chi connectivity index (χ1) is 4.93. The van der Waals surface area contributed by atoms with Crippen LogP contribution in [0, 0.1) is 0 Å². The largest absolute Gasteiger partial charge is 0.313 e. The van der Waals surface area contributed by atoms with Crippen molar-refractivity contribution in [3.63, 3.8) is 0 Å². The van der Waals surface area contributed by atoms with Gasteiger partial charge in [0.2, 0.25) is 0 Å². The second-order valence-corrected chi connectivity index (χ2v) is 4.17. The summed E-state index contributed by atoms with van der Waals surface area (Å²) in [5, 5.41) is 3.53. The van der Waals surface area contributed by atoms with Gasteiger partial charge in [0.1, 0.15) is 0 Å². The number of nitrogens with one attached hydrogen (secondary N) is 1. The van der Waals surface area contributed by atoms with Gasteiger partial charge in [0.15, 0.2) is 0 Å². The van der Waals surface area contributed by atoms with Crippen LogP contribution < -0.4 is 5.32 Å². The van der Waals surface area contributed by atoms with E-state index in [4.69, 9.17) is 0 Å². The van der Waals surface area contributed by atoms with E-state index >= 15 is 0 Å². The molecule has 2 heteroatoms. The highest BCUT2D eigenvalue weighted by molar-refractivity contribution is 7.99. The van der Waals surface area contributed by atoms with Crippen molar-refractivity contribution in [3.05, 3.63) is 0 Å². The molecule has 0 radical (unpaired) electrons. The van der Waals surface area contributed by atoms with Gasteiger partial charge in [0.05, 0.1) is 0 Å². The molecule has 10 heavy (non-hydrogen) atoms. The van der Waals surface area contributed by atoms with Gasteiger partial charge in [-0.2, -0.15) is 11.8 Å². The van der Waals surface area contributed by atoms with Crippen molar-refractivity contribution in [1.29, 1.82) is 0 Å². The Hall–Kier alpha value is 0.310. The number of thioether (sulfide) groups is 1. The first-order valence-corrected chi connectivity index (χ1v) is 5.40. The molecule has 1 nitrogen and oxygen atoms in total. The molecule has 0 atom stereocenters. The predicted molar refractivity (Wildman–Crippen MR) is 48.6 cm³/mol. The van der Waals surface area contributed by atoms with Gasteiger partial charge >= 0.3 is 0 Å². The minimum absolute atomic E-state index is 0.873. The van der Waals surface area contributed by atoms with E-state index < -0.39 is 0 Å². The third kappa shape index (κ3) is 2.93. The second kappa shape index (κ2) is 5.03. The fourth-order valence-corrected chi connectivity index (χ4v) is 1.64. The van der Waals surface area contributed by atoms with Crippen molar-refractivity contribution in [2.24, 2.45) is 0 Å². The summed E-state index contributed by atoms with van der Waals surface area (Å²) < 4.78 is 0. The van der Waals surface area contributed by atoms with Crippen molar-refractivity contribution in [2.75, 3.05) is 18.1 Å². The van der Waals surface area contributed by atoms with Gasteiger partial charge in [0, 0.05) is 18.3 Å². The summed E-state index contributed by atoms with van der Waals surface area (Å²) in [5.74, 6) is 2.54. The molecule has 0 aliphatic heterocycles. The average molecular weight is 159 g/mol. The lowest BCUT2D eigenvalue weighted by Crippen LogP contribution is -2.36. The molecule has 1 rings (SSSR count). The molecule has 1 aliphatic rings. The topological polar surface area (TPSA) is 12.0 Å². The molecule has 0 aromatic carbocycles. The smallest absolute Gasteiger partial charge is 0.00674 e. The molecule has 1 fully saturated rings. The van der Waals surface area contributed by atoms with Crippen LogP contribution in [0.5, 0.6) is 0 Å². The van der Waals surface area contributed by atoms with Gasteiger partial charge in [-0.1, -0.05) is 13.3 Å². The molecule has 0 unspecified atom stereocenters. The highest BCUT2D eigenvalue weighted by Crippen LogP contribution is 2.17. The molecular weight excluding hydrogens is 142 g/mol. The normalized spacial score (nSPS) is 18.9. The van der Waals surface area contributed by atoms with Crippen LogP contribution in [0.25, 0.3) is 0 Å². The van der Waals surface area contributed by atoms with E-state index in [1.807, 2.05) is 11.8 Å². The van der Waals surface area contributed by atoms with Gasteiger partial charge in [-0.15, -0.1) is 0 Å². The Morgan fingerprint density at radius 2 is 2.30 bits per heavy atom. The predicted octanol–water partition coefficient (Wildman–Crippen LogP) is 1.88. The summed E-state index contributed by atoms with van der Waals surface area (Å²) in [6.45, 7) is 3.43. The SMILES string of the molecule is CCSCCNC1CCC1. The minimum atomic E-state index is 0.873. The second-order valence-electron chi connectivity index (χ2n) is 2.78. The van der Waals surface area contributed by atoms with Crippen molar-refractivity contribution in [2.45, 2.75) is 32.2 Å². The van der Waals surface area contributed by atoms with Crippen LogP contribution in [-0.4, -0.2) is 24.1 Å². The Bertz CT molecular complexity index is 81.3. The van der Waals surface area contributed by atoms with Crippen LogP contribution in [0.3, 0.4) is 0 Å². The van der Waals surface area contributed by atoms with Gasteiger partial charge < -0.3 is 5.32 Å². The molecular formula is C8H17NS. The fraction of sp³-hybridized carbons (Fsp3) is 1.00. The summed E-state index contributed by atoms with van der Waals surface area (Å²) in [5.41, 5.74) is 0. The van der Waals surface area contributed by atoms with Crippen LogP contribution in [0.2, 0.25) is 0 Å².